The van der Waals surface area contributed by atoms with Crippen LogP contribution in [0.1, 0.15) is 24.4 Å². The van der Waals surface area contributed by atoms with Gasteiger partial charge in [0.1, 0.15) is 11.6 Å². The van der Waals surface area contributed by atoms with Gasteiger partial charge in [-0.15, -0.1) is 0 Å². The van der Waals surface area contributed by atoms with E-state index in [9.17, 15) is 8.78 Å². The van der Waals surface area contributed by atoms with Crippen LogP contribution in [0.15, 0.2) is 28.4 Å². The molecule has 1 heterocycles. The molecular formula is C13H14BrF2NO. The molecule has 98 valence electrons. The van der Waals surface area contributed by atoms with E-state index in [1.807, 2.05) is 0 Å². The molecule has 1 unspecified atom stereocenters. The van der Waals surface area contributed by atoms with E-state index in [0.29, 0.717) is 11.1 Å². The first-order valence-corrected chi connectivity index (χ1v) is 6.55. The summed E-state index contributed by atoms with van der Waals surface area (Å²) in [5.41, 5.74) is 0.904. The van der Waals surface area contributed by atoms with Crippen LogP contribution in [-0.4, -0.2) is 13.7 Å². The Morgan fingerprint density at radius 3 is 2.50 bits per heavy atom. The molecule has 0 saturated heterocycles. The first kappa shape index (κ1) is 13.5. The van der Waals surface area contributed by atoms with Crippen LogP contribution < -0.4 is 5.32 Å². The lowest BCUT2D eigenvalue weighted by Gasteiger charge is -2.24. The second-order valence-electron chi connectivity index (χ2n) is 4.17. The minimum Gasteiger partial charge on any atom is -0.501 e. The van der Waals surface area contributed by atoms with E-state index in [1.165, 1.54) is 12.1 Å². The highest BCUT2D eigenvalue weighted by Gasteiger charge is 2.24. The molecule has 18 heavy (non-hydrogen) atoms. The van der Waals surface area contributed by atoms with Crippen LogP contribution in [0.4, 0.5) is 8.78 Å². The lowest BCUT2D eigenvalue weighted by atomic mass is 9.94. The summed E-state index contributed by atoms with van der Waals surface area (Å²) in [6, 6.07) is 2.05. The zero-order valence-corrected chi connectivity index (χ0v) is 11.6. The standard InChI is InChI=1S/C13H14BrF2NO/c1-17-13(8-3-2-4-18-7-8)12-10(15)5-9(14)6-11(12)16/h5-7,13,17H,2-4H2,1H3. The summed E-state index contributed by atoms with van der Waals surface area (Å²) in [6.07, 6.45) is 3.25. The SMILES string of the molecule is CNC(C1=COCCC1)c1c(F)cc(Br)cc1F. The summed E-state index contributed by atoms with van der Waals surface area (Å²) in [5, 5.41) is 2.95. The quantitative estimate of drug-likeness (QED) is 0.918. The van der Waals surface area contributed by atoms with E-state index < -0.39 is 17.7 Å². The molecule has 0 bridgehead atoms. The van der Waals surface area contributed by atoms with Gasteiger partial charge < -0.3 is 10.1 Å². The molecule has 0 radical (unpaired) electrons. The summed E-state index contributed by atoms with van der Waals surface area (Å²) in [4.78, 5) is 0. The molecule has 0 aromatic heterocycles. The topological polar surface area (TPSA) is 21.3 Å². The van der Waals surface area contributed by atoms with Crippen molar-refractivity contribution in [2.75, 3.05) is 13.7 Å². The van der Waals surface area contributed by atoms with E-state index in [1.54, 1.807) is 13.3 Å². The molecule has 0 spiro atoms. The summed E-state index contributed by atoms with van der Waals surface area (Å²) in [5.74, 6) is -1.12. The molecule has 0 saturated carbocycles. The zero-order valence-electron chi connectivity index (χ0n) is 9.97. The highest BCUT2D eigenvalue weighted by atomic mass is 79.9. The van der Waals surface area contributed by atoms with Crippen molar-refractivity contribution in [3.8, 4) is 0 Å². The number of rotatable bonds is 3. The number of ether oxygens (including phenoxy) is 1. The molecule has 1 aromatic rings. The monoisotopic (exact) mass is 317 g/mol. The number of nitrogens with one attached hydrogen (secondary N) is 1. The molecule has 1 aliphatic rings. The Bertz CT molecular complexity index is 453. The molecule has 0 aliphatic carbocycles. The fourth-order valence-electron chi connectivity index (χ4n) is 2.14. The summed E-state index contributed by atoms with van der Waals surface area (Å²) < 4.78 is 33.5. The Balaban J connectivity index is 2.41. The second-order valence-corrected chi connectivity index (χ2v) is 5.09. The van der Waals surface area contributed by atoms with Crippen molar-refractivity contribution in [1.82, 2.24) is 5.32 Å². The average molecular weight is 318 g/mol. The Morgan fingerprint density at radius 2 is 2.00 bits per heavy atom. The number of likely N-dealkylation sites (N-methyl/N-ethyl adjacent to an activating group) is 1. The van der Waals surface area contributed by atoms with E-state index in [2.05, 4.69) is 21.2 Å². The molecule has 1 aromatic carbocycles. The normalized spacial score (nSPS) is 17.0. The van der Waals surface area contributed by atoms with Gasteiger partial charge >= 0.3 is 0 Å². The molecule has 1 atom stereocenters. The third kappa shape index (κ3) is 2.72. The van der Waals surface area contributed by atoms with Crippen LogP contribution >= 0.6 is 15.9 Å². The fourth-order valence-corrected chi connectivity index (χ4v) is 2.54. The van der Waals surface area contributed by atoms with E-state index in [4.69, 9.17) is 4.74 Å². The van der Waals surface area contributed by atoms with Crippen molar-refractivity contribution in [3.63, 3.8) is 0 Å². The molecule has 0 fully saturated rings. The van der Waals surface area contributed by atoms with Crippen LogP contribution in [0.25, 0.3) is 0 Å². The smallest absolute Gasteiger partial charge is 0.132 e. The van der Waals surface area contributed by atoms with Crippen molar-refractivity contribution in [2.45, 2.75) is 18.9 Å². The minimum atomic E-state index is -0.562. The third-order valence-electron chi connectivity index (χ3n) is 2.95. The maximum Gasteiger partial charge on any atom is 0.132 e. The van der Waals surface area contributed by atoms with Gasteiger partial charge in [-0.05, 0) is 37.6 Å². The Hall–Kier alpha value is -0.940. The highest BCUT2D eigenvalue weighted by Crippen LogP contribution is 2.32. The molecule has 5 heteroatoms. The second kappa shape index (κ2) is 5.80. The predicted octanol–water partition coefficient (Wildman–Crippen LogP) is 3.68. The zero-order chi connectivity index (χ0) is 13.1. The summed E-state index contributed by atoms with van der Waals surface area (Å²) in [7, 11) is 1.68. The van der Waals surface area contributed by atoms with Crippen molar-refractivity contribution >= 4 is 15.9 Å². The van der Waals surface area contributed by atoms with Crippen LogP contribution in [-0.2, 0) is 4.74 Å². The number of hydrogen-bond acceptors (Lipinski definition) is 2. The maximum absolute atomic E-state index is 13.9. The van der Waals surface area contributed by atoms with E-state index >= 15 is 0 Å². The largest absolute Gasteiger partial charge is 0.501 e. The number of benzene rings is 1. The fraction of sp³-hybridized carbons (Fsp3) is 0.385. The molecule has 1 aliphatic heterocycles. The van der Waals surface area contributed by atoms with Gasteiger partial charge in [-0.2, -0.15) is 0 Å². The molecule has 2 nitrogen and oxygen atoms in total. The van der Waals surface area contributed by atoms with Crippen LogP contribution in [0.3, 0.4) is 0 Å². The highest BCUT2D eigenvalue weighted by molar-refractivity contribution is 9.10. The molecule has 1 N–H and O–H groups in total. The Labute approximate surface area is 113 Å². The molecular weight excluding hydrogens is 304 g/mol. The van der Waals surface area contributed by atoms with Gasteiger partial charge in [-0.1, -0.05) is 15.9 Å². The first-order valence-electron chi connectivity index (χ1n) is 5.75. The number of halogens is 3. The maximum atomic E-state index is 13.9. The lowest BCUT2D eigenvalue weighted by Crippen LogP contribution is -2.23. The van der Waals surface area contributed by atoms with Gasteiger partial charge in [0.05, 0.1) is 18.9 Å². The van der Waals surface area contributed by atoms with Gasteiger partial charge in [0.15, 0.2) is 0 Å². The minimum absolute atomic E-state index is 0.0393. The van der Waals surface area contributed by atoms with E-state index in [0.717, 1.165) is 18.4 Å². The first-order chi connectivity index (χ1) is 8.63. The Morgan fingerprint density at radius 1 is 1.33 bits per heavy atom. The molecule has 0 amide bonds. The summed E-state index contributed by atoms with van der Waals surface area (Å²) >= 11 is 3.07. The van der Waals surface area contributed by atoms with Crippen LogP contribution in [0.5, 0.6) is 0 Å². The predicted molar refractivity (Wildman–Crippen MR) is 69.1 cm³/mol. The van der Waals surface area contributed by atoms with Crippen molar-refractivity contribution in [2.24, 2.45) is 0 Å². The average Bonchev–Trinajstić information content (AvgIpc) is 2.34. The number of hydrogen-bond donors (Lipinski definition) is 1. The van der Waals surface area contributed by atoms with Gasteiger partial charge in [-0.3, -0.25) is 0 Å². The van der Waals surface area contributed by atoms with Gasteiger partial charge in [0, 0.05) is 10.0 Å². The van der Waals surface area contributed by atoms with Gasteiger partial charge in [-0.25, -0.2) is 8.78 Å². The Kier molecular flexibility index (Phi) is 4.35. The molecule has 2 rings (SSSR count). The van der Waals surface area contributed by atoms with Crippen LogP contribution in [0, 0.1) is 11.6 Å². The van der Waals surface area contributed by atoms with E-state index in [-0.39, 0.29) is 5.56 Å². The van der Waals surface area contributed by atoms with Crippen molar-refractivity contribution < 1.29 is 13.5 Å². The van der Waals surface area contributed by atoms with Crippen molar-refractivity contribution in [3.05, 3.63) is 45.6 Å². The lowest BCUT2D eigenvalue weighted by molar-refractivity contribution is 0.219. The van der Waals surface area contributed by atoms with Gasteiger partial charge in [0.2, 0.25) is 0 Å². The van der Waals surface area contributed by atoms with Gasteiger partial charge in [0.25, 0.3) is 0 Å². The van der Waals surface area contributed by atoms with Crippen molar-refractivity contribution in [1.29, 1.82) is 0 Å². The summed E-state index contributed by atoms with van der Waals surface area (Å²) in [6.45, 7) is 0.658. The third-order valence-corrected chi connectivity index (χ3v) is 3.41. The van der Waals surface area contributed by atoms with Crippen LogP contribution in [0.2, 0.25) is 0 Å².